The second kappa shape index (κ2) is 20.6. The predicted octanol–water partition coefficient (Wildman–Crippen LogP) is 14.7. The maximum atomic E-state index is 4.93. The summed E-state index contributed by atoms with van der Waals surface area (Å²) in [7, 11) is 13.1. The van der Waals surface area contributed by atoms with E-state index in [1.807, 2.05) is 6.92 Å². The quantitative estimate of drug-likeness (QED) is 0.123. The molecule has 3 radical (unpaired) electrons. The molecule has 0 fully saturated rings. The third-order valence-corrected chi connectivity index (χ3v) is 8.60. The number of rotatable bonds is 4. The Morgan fingerprint density at radius 2 is 0.800 bits per heavy atom. The van der Waals surface area contributed by atoms with Crippen molar-refractivity contribution in [3.63, 3.8) is 0 Å². The molecule has 0 saturated carbocycles. The zero-order valence-electron chi connectivity index (χ0n) is 29.4. The first-order chi connectivity index (χ1) is 24.6. The van der Waals surface area contributed by atoms with Crippen molar-refractivity contribution >= 4 is 70.4 Å². The molecule has 0 heterocycles. The molecule has 0 aliphatic carbocycles. The minimum atomic E-state index is -0.826. The van der Waals surface area contributed by atoms with E-state index in [4.69, 9.17) is 17.0 Å². The summed E-state index contributed by atoms with van der Waals surface area (Å²) in [6.45, 7) is 11.5. The normalized spacial score (nSPS) is 10.2. The predicted molar refractivity (Wildman–Crippen MR) is 223 cm³/mol. The van der Waals surface area contributed by atoms with Crippen LogP contribution in [0.15, 0.2) is 146 Å². The van der Waals surface area contributed by atoms with E-state index in [0.717, 1.165) is 18.9 Å². The van der Waals surface area contributed by atoms with Gasteiger partial charge in [-0.15, -0.1) is 69.1 Å². The summed E-state index contributed by atoms with van der Waals surface area (Å²) in [6, 6.07) is 54.0. The van der Waals surface area contributed by atoms with Crippen LogP contribution in [0.3, 0.4) is 0 Å². The SMILES string of the molecule is CC[Si].CCc1cc2c(-c3cccc4ccccc34)cccc2[cH-]1.CCc1cc2c(-c3cccc4ccccc34)cccc2[cH-]1.[CH2-]C.[Cl][Zr][Cl]. The average Bonchev–Trinajstić information content (AvgIpc) is 3.81. The molecule has 0 aromatic heterocycles. The number of aryl methyl sites for hydroxylation is 2. The van der Waals surface area contributed by atoms with Crippen molar-refractivity contribution in [2.45, 2.75) is 46.6 Å². The Hall–Kier alpha value is -3.26. The zero-order chi connectivity index (χ0) is 35.9. The van der Waals surface area contributed by atoms with Crippen LogP contribution in [0.2, 0.25) is 6.04 Å². The second-order valence-electron chi connectivity index (χ2n) is 11.5. The first-order valence-electron chi connectivity index (χ1n) is 17.2. The number of hydrogen-bond acceptors (Lipinski definition) is 0. The molecule has 0 aliphatic heterocycles. The maximum absolute atomic E-state index is 4.93. The van der Waals surface area contributed by atoms with Crippen LogP contribution in [0, 0.1) is 6.92 Å². The Morgan fingerprint density at radius 3 is 1.16 bits per heavy atom. The van der Waals surface area contributed by atoms with Gasteiger partial charge in [0.2, 0.25) is 0 Å². The van der Waals surface area contributed by atoms with Gasteiger partial charge in [-0.25, -0.2) is 0 Å². The van der Waals surface area contributed by atoms with Gasteiger partial charge in [-0.05, 0) is 45.5 Å². The van der Waals surface area contributed by atoms with Gasteiger partial charge >= 0.3 is 37.9 Å². The first-order valence-corrected chi connectivity index (χ1v) is 24.2. The third kappa shape index (κ3) is 9.54. The van der Waals surface area contributed by atoms with E-state index in [9.17, 15) is 0 Å². The van der Waals surface area contributed by atoms with Crippen LogP contribution in [0.25, 0.3) is 65.3 Å². The van der Waals surface area contributed by atoms with Crippen LogP contribution in [-0.4, -0.2) is 10.2 Å². The van der Waals surface area contributed by atoms with Crippen molar-refractivity contribution in [1.82, 2.24) is 0 Å². The minimum absolute atomic E-state index is 0.826. The number of hydrogen-bond donors (Lipinski definition) is 0. The Kier molecular flexibility index (Phi) is 16.2. The molecule has 4 heteroatoms. The van der Waals surface area contributed by atoms with E-state index >= 15 is 0 Å². The molecule has 253 valence electrons. The monoisotopic (exact) mass is 784 g/mol. The van der Waals surface area contributed by atoms with Crippen LogP contribution in [0.4, 0.5) is 0 Å². The molecule has 0 aliphatic rings. The van der Waals surface area contributed by atoms with Gasteiger partial charge in [0, 0.05) is 10.2 Å². The summed E-state index contributed by atoms with van der Waals surface area (Å²) < 4.78 is 0. The Morgan fingerprint density at radius 1 is 0.500 bits per heavy atom. The summed E-state index contributed by atoms with van der Waals surface area (Å²) >= 11 is -0.826. The van der Waals surface area contributed by atoms with Gasteiger partial charge in [0.1, 0.15) is 0 Å². The Bertz CT molecular complexity index is 2060. The molecular weight excluding hydrogens is 743 g/mol. The standard InChI is InChI=1S/2C21H17.C2H5Si.C2H5.2ClH.Zr/c2*1-2-15-13-17-9-6-12-20(21(17)14-15)19-11-5-8-16-7-3-4-10-18(16)19;1-2-3;1-2;;;/h2*3-14H,2H2,1H3;2H2,1H3;1H2,2H3;2*1H;/q2*-1;;-1;;;+2/p-2. The molecule has 50 heavy (non-hydrogen) atoms. The van der Waals surface area contributed by atoms with E-state index in [2.05, 4.69) is 177 Å². The number of halogens is 2. The molecule has 8 rings (SSSR count). The van der Waals surface area contributed by atoms with Crippen LogP contribution in [0.5, 0.6) is 0 Å². The molecular formula is C46H44Cl2SiZr-3. The van der Waals surface area contributed by atoms with Gasteiger partial charge in [0.15, 0.2) is 0 Å². The zero-order valence-corrected chi connectivity index (χ0v) is 34.4. The molecule has 8 aromatic carbocycles. The number of benzene rings is 6. The van der Waals surface area contributed by atoms with Crippen molar-refractivity contribution in [2.75, 3.05) is 0 Å². The van der Waals surface area contributed by atoms with Crippen molar-refractivity contribution < 1.29 is 20.8 Å². The van der Waals surface area contributed by atoms with Crippen LogP contribution < -0.4 is 0 Å². The summed E-state index contributed by atoms with van der Waals surface area (Å²) in [5.74, 6) is 0. The van der Waals surface area contributed by atoms with Gasteiger partial charge in [-0.1, -0.05) is 135 Å². The molecule has 0 unspecified atom stereocenters. The summed E-state index contributed by atoms with van der Waals surface area (Å²) in [5.41, 5.74) is 8.15. The summed E-state index contributed by atoms with van der Waals surface area (Å²) in [5, 5.41) is 10.7. The van der Waals surface area contributed by atoms with Crippen molar-refractivity contribution in [3.05, 3.63) is 164 Å². The fourth-order valence-corrected chi connectivity index (χ4v) is 6.39. The van der Waals surface area contributed by atoms with Crippen molar-refractivity contribution in [2.24, 2.45) is 0 Å². The molecule has 0 atom stereocenters. The second-order valence-corrected chi connectivity index (χ2v) is 16.0. The molecule has 0 N–H and O–H groups in total. The molecule has 0 nitrogen and oxygen atoms in total. The van der Waals surface area contributed by atoms with E-state index in [1.165, 1.54) is 76.5 Å². The molecule has 0 bridgehead atoms. The first kappa shape index (κ1) is 39.5. The van der Waals surface area contributed by atoms with Crippen molar-refractivity contribution in [1.29, 1.82) is 0 Å². The average molecular weight is 787 g/mol. The molecule has 8 aromatic rings. The van der Waals surface area contributed by atoms with Crippen LogP contribution in [0.1, 0.15) is 38.8 Å². The van der Waals surface area contributed by atoms with E-state index in [1.54, 1.807) is 6.92 Å². The molecule has 0 saturated heterocycles. The fourth-order valence-electron chi connectivity index (χ4n) is 6.39. The van der Waals surface area contributed by atoms with Crippen molar-refractivity contribution in [3.8, 4) is 22.3 Å². The third-order valence-electron chi connectivity index (χ3n) is 8.60. The van der Waals surface area contributed by atoms with E-state index in [-0.39, 0.29) is 0 Å². The Balaban J connectivity index is 0.000000187. The van der Waals surface area contributed by atoms with Crippen LogP contribution >= 0.6 is 17.0 Å². The van der Waals surface area contributed by atoms with Crippen LogP contribution in [-0.2, 0) is 33.7 Å². The van der Waals surface area contributed by atoms with Gasteiger partial charge < -0.3 is 6.92 Å². The molecule has 0 spiro atoms. The molecule has 0 amide bonds. The van der Waals surface area contributed by atoms with E-state index < -0.39 is 20.8 Å². The summed E-state index contributed by atoms with van der Waals surface area (Å²) in [4.78, 5) is 0. The van der Waals surface area contributed by atoms with Gasteiger partial charge in [0.25, 0.3) is 0 Å². The van der Waals surface area contributed by atoms with Gasteiger partial charge in [-0.3, -0.25) is 0 Å². The fraction of sp³-hybridized carbons (Fsp3) is 0.152. The van der Waals surface area contributed by atoms with Gasteiger partial charge in [-0.2, -0.15) is 19.1 Å². The topological polar surface area (TPSA) is 0 Å². The Labute approximate surface area is 321 Å². The summed E-state index contributed by atoms with van der Waals surface area (Å²) in [6.07, 6.45) is 2.17. The number of fused-ring (bicyclic) bond motifs is 4. The van der Waals surface area contributed by atoms with E-state index in [0.29, 0.717) is 0 Å². The van der Waals surface area contributed by atoms with Gasteiger partial charge in [0.05, 0.1) is 0 Å².